The van der Waals surface area contributed by atoms with E-state index >= 15 is 0 Å². The molecule has 0 aliphatic rings. The summed E-state index contributed by atoms with van der Waals surface area (Å²) in [6.07, 6.45) is 4.96. The molecule has 0 radical (unpaired) electrons. The van der Waals surface area contributed by atoms with Gasteiger partial charge in [-0.3, -0.25) is 10.2 Å². The number of carbonyl (C=O) groups excluding carboxylic acids is 1. The van der Waals surface area contributed by atoms with Crippen molar-refractivity contribution in [2.24, 2.45) is 0 Å². The number of amides is 1. The molecule has 0 saturated carbocycles. The van der Waals surface area contributed by atoms with Crippen molar-refractivity contribution in [3.05, 3.63) is 96.4 Å². The van der Waals surface area contributed by atoms with Crippen LogP contribution in [0.4, 0.5) is 0 Å². The lowest BCUT2D eigenvalue weighted by Gasteiger charge is -2.12. The second kappa shape index (κ2) is 7.97. The monoisotopic (exact) mass is 421 g/mol. The van der Waals surface area contributed by atoms with Crippen LogP contribution in [-0.2, 0) is 10.0 Å². The van der Waals surface area contributed by atoms with E-state index in [0.717, 1.165) is 11.3 Å². The second-order valence-electron chi connectivity index (χ2n) is 6.59. The molecular weight excluding hydrogens is 402 g/mol. The second-order valence-corrected chi connectivity index (χ2v) is 8.27. The average molecular weight is 421 g/mol. The normalized spacial score (nSPS) is 11.4. The van der Waals surface area contributed by atoms with Gasteiger partial charge in [0.2, 0.25) is 0 Å². The molecule has 2 aromatic carbocycles. The maximum atomic E-state index is 12.8. The Morgan fingerprint density at radius 3 is 2.27 bits per heavy atom. The Bertz CT molecular complexity index is 1260. The third kappa shape index (κ3) is 3.88. The Hall–Kier alpha value is -3.69. The van der Waals surface area contributed by atoms with E-state index < -0.39 is 15.9 Å². The highest BCUT2D eigenvalue weighted by Gasteiger charge is 2.22. The molecule has 4 aromatic rings. The molecule has 0 bridgehead atoms. The molecule has 30 heavy (non-hydrogen) atoms. The van der Waals surface area contributed by atoms with Crippen molar-refractivity contribution in [3.8, 4) is 11.5 Å². The molecule has 2 N–H and O–H groups in total. The Morgan fingerprint density at radius 2 is 1.60 bits per heavy atom. The molecule has 1 amide bonds. The van der Waals surface area contributed by atoms with Crippen LogP contribution in [-0.4, -0.2) is 28.7 Å². The third-order valence-electron chi connectivity index (χ3n) is 4.47. The van der Waals surface area contributed by atoms with Crippen molar-refractivity contribution >= 4 is 15.9 Å². The number of aromatic nitrogens is 3. The van der Waals surface area contributed by atoms with Gasteiger partial charge in [0.1, 0.15) is 5.56 Å². The van der Waals surface area contributed by atoms with Gasteiger partial charge < -0.3 is 4.57 Å². The van der Waals surface area contributed by atoms with Crippen molar-refractivity contribution in [1.82, 2.24) is 24.6 Å². The van der Waals surface area contributed by atoms with Gasteiger partial charge in [-0.25, -0.2) is 13.1 Å². The fraction of sp³-hybridized carbons (Fsp3) is 0.0476. The summed E-state index contributed by atoms with van der Waals surface area (Å²) in [5, 5.41) is 4.33. The fourth-order valence-electron chi connectivity index (χ4n) is 2.94. The molecule has 0 unspecified atom stereocenters. The van der Waals surface area contributed by atoms with Crippen LogP contribution in [0.2, 0.25) is 0 Å². The summed E-state index contributed by atoms with van der Waals surface area (Å²) in [6, 6.07) is 19.3. The molecule has 152 valence electrons. The van der Waals surface area contributed by atoms with Crippen molar-refractivity contribution < 1.29 is 13.2 Å². The Labute approximate surface area is 173 Å². The highest BCUT2D eigenvalue weighted by molar-refractivity contribution is 7.89. The molecule has 0 saturated heterocycles. The number of nitrogens with one attached hydrogen (secondary N) is 2. The zero-order chi connectivity index (χ0) is 21.1. The number of rotatable bonds is 6. The van der Waals surface area contributed by atoms with Gasteiger partial charge in [-0.05, 0) is 43.3 Å². The smallest absolute Gasteiger partial charge is 0.271 e. The van der Waals surface area contributed by atoms with Crippen LogP contribution in [0.3, 0.4) is 0 Å². The lowest BCUT2D eigenvalue weighted by molar-refractivity contribution is 0.0945. The lowest BCUT2D eigenvalue weighted by Crippen LogP contribution is -2.41. The first-order valence-corrected chi connectivity index (χ1v) is 10.6. The number of para-hydroxylation sites is 1. The number of sulfonamides is 1. The predicted octanol–water partition coefficient (Wildman–Crippen LogP) is 2.59. The number of hydrogen-bond donors (Lipinski definition) is 2. The van der Waals surface area contributed by atoms with Crippen molar-refractivity contribution in [1.29, 1.82) is 0 Å². The van der Waals surface area contributed by atoms with Crippen molar-refractivity contribution in [2.75, 3.05) is 0 Å². The lowest BCUT2D eigenvalue weighted by atomic mass is 10.2. The molecule has 0 fully saturated rings. The van der Waals surface area contributed by atoms with Crippen LogP contribution in [0, 0.1) is 6.92 Å². The molecule has 4 rings (SSSR count). The first-order chi connectivity index (χ1) is 14.5. The molecule has 2 heterocycles. The predicted molar refractivity (Wildman–Crippen MR) is 112 cm³/mol. The fourth-order valence-corrected chi connectivity index (χ4v) is 3.78. The molecule has 2 aromatic heterocycles. The summed E-state index contributed by atoms with van der Waals surface area (Å²) in [7, 11) is -3.91. The maximum Gasteiger partial charge on any atom is 0.271 e. The van der Waals surface area contributed by atoms with Crippen LogP contribution < -0.4 is 10.3 Å². The topological polar surface area (TPSA) is 98.0 Å². The zero-order valence-electron chi connectivity index (χ0n) is 16.1. The quantitative estimate of drug-likeness (QED) is 0.468. The minimum Gasteiger partial charge on any atom is -0.308 e. The van der Waals surface area contributed by atoms with Gasteiger partial charge in [-0.15, -0.1) is 4.83 Å². The van der Waals surface area contributed by atoms with Gasteiger partial charge in [0.25, 0.3) is 15.9 Å². The van der Waals surface area contributed by atoms with Crippen LogP contribution in [0.5, 0.6) is 0 Å². The summed E-state index contributed by atoms with van der Waals surface area (Å²) in [5.41, 5.74) is 4.18. The molecule has 8 nitrogen and oxygen atoms in total. The van der Waals surface area contributed by atoms with E-state index in [4.69, 9.17) is 0 Å². The summed E-state index contributed by atoms with van der Waals surface area (Å²) < 4.78 is 28.3. The van der Waals surface area contributed by atoms with Gasteiger partial charge >= 0.3 is 0 Å². The van der Waals surface area contributed by atoms with Crippen LogP contribution in [0.1, 0.15) is 15.9 Å². The largest absolute Gasteiger partial charge is 0.308 e. The SMILES string of the molecule is Cc1ccc(S(=O)(=O)NNC(=O)c2cnn(-c3ccccc3)c2-n2cccc2)cc1. The van der Waals surface area contributed by atoms with E-state index in [9.17, 15) is 13.2 Å². The van der Waals surface area contributed by atoms with E-state index in [0.29, 0.717) is 5.82 Å². The number of benzene rings is 2. The van der Waals surface area contributed by atoms with Crippen LogP contribution >= 0.6 is 0 Å². The van der Waals surface area contributed by atoms with Crippen LogP contribution in [0.25, 0.3) is 11.5 Å². The van der Waals surface area contributed by atoms with Gasteiger partial charge in [0.15, 0.2) is 5.82 Å². The first-order valence-electron chi connectivity index (χ1n) is 9.11. The highest BCUT2D eigenvalue weighted by atomic mass is 32.2. The van der Waals surface area contributed by atoms with Crippen molar-refractivity contribution in [3.63, 3.8) is 0 Å². The maximum absolute atomic E-state index is 12.8. The molecule has 0 aliphatic heterocycles. The summed E-state index contributed by atoms with van der Waals surface area (Å²) in [4.78, 5) is 15.0. The minimum absolute atomic E-state index is 0.0546. The molecule has 0 atom stereocenters. The minimum atomic E-state index is -3.91. The summed E-state index contributed by atoms with van der Waals surface area (Å²) in [5.74, 6) is -0.144. The van der Waals surface area contributed by atoms with Gasteiger partial charge in [-0.1, -0.05) is 35.9 Å². The van der Waals surface area contributed by atoms with E-state index in [1.165, 1.54) is 18.3 Å². The standard InChI is InChI=1S/C21H19N5O3S/c1-16-9-11-18(12-10-16)30(28,29)24-23-20(27)19-15-22-26(17-7-3-2-4-8-17)21(19)25-13-5-6-14-25/h2-15,24H,1H3,(H,23,27). The number of nitrogens with zero attached hydrogens (tertiary/aromatic N) is 3. The number of carbonyl (C=O) groups is 1. The Balaban J connectivity index is 1.63. The van der Waals surface area contributed by atoms with E-state index in [-0.39, 0.29) is 10.5 Å². The van der Waals surface area contributed by atoms with E-state index in [1.807, 2.05) is 49.4 Å². The number of hydrogen-bond acceptors (Lipinski definition) is 4. The average Bonchev–Trinajstić information content (AvgIpc) is 3.42. The first kappa shape index (κ1) is 19.6. The summed E-state index contributed by atoms with van der Waals surface area (Å²) >= 11 is 0. The third-order valence-corrected chi connectivity index (χ3v) is 5.73. The number of hydrazine groups is 1. The van der Waals surface area contributed by atoms with E-state index in [1.54, 1.807) is 33.8 Å². The van der Waals surface area contributed by atoms with Crippen LogP contribution in [0.15, 0.2) is 90.2 Å². The Kier molecular flexibility index (Phi) is 5.21. The van der Waals surface area contributed by atoms with E-state index in [2.05, 4.69) is 15.4 Å². The zero-order valence-corrected chi connectivity index (χ0v) is 16.9. The Morgan fingerprint density at radius 1 is 0.933 bits per heavy atom. The number of aryl methyl sites for hydroxylation is 1. The molecule has 9 heteroatoms. The summed E-state index contributed by atoms with van der Waals surface area (Å²) in [6.45, 7) is 1.86. The van der Waals surface area contributed by atoms with Gasteiger partial charge in [-0.2, -0.15) is 5.10 Å². The van der Waals surface area contributed by atoms with Gasteiger partial charge in [0, 0.05) is 12.4 Å². The van der Waals surface area contributed by atoms with Crippen molar-refractivity contribution in [2.45, 2.75) is 11.8 Å². The molecule has 0 spiro atoms. The van der Waals surface area contributed by atoms with Gasteiger partial charge in [0.05, 0.1) is 16.8 Å². The molecular formula is C21H19N5O3S. The highest BCUT2D eigenvalue weighted by Crippen LogP contribution is 2.19. The molecule has 0 aliphatic carbocycles.